The minimum Gasteiger partial charge on any atom is -0.406 e. The Morgan fingerprint density at radius 2 is 1.72 bits per heavy atom. The number of nitrogens with zero attached hydrogens (tertiary/aromatic N) is 1. The molecule has 0 radical (unpaired) electrons. The van der Waals surface area contributed by atoms with Crippen molar-refractivity contribution in [2.75, 3.05) is 18.4 Å². The van der Waals surface area contributed by atoms with Crippen molar-refractivity contribution < 1.29 is 27.5 Å². The van der Waals surface area contributed by atoms with Gasteiger partial charge in [-0.2, -0.15) is 0 Å². The van der Waals surface area contributed by atoms with E-state index in [1.807, 2.05) is 0 Å². The number of likely N-dealkylation sites (tertiary alicyclic amines) is 1. The van der Waals surface area contributed by atoms with Crippen LogP contribution in [0.3, 0.4) is 0 Å². The highest BCUT2D eigenvalue weighted by molar-refractivity contribution is 6.30. The zero-order valence-corrected chi connectivity index (χ0v) is 16.0. The summed E-state index contributed by atoms with van der Waals surface area (Å²) in [7, 11) is 0. The molecule has 0 saturated carbocycles. The number of piperidine rings is 1. The lowest BCUT2D eigenvalue weighted by Crippen LogP contribution is -2.43. The maximum atomic E-state index is 12.6. The van der Waals surface area contributed by atoms with Crippen molar-refractivity contribution in [3.8, 4) is 5.75 Å². The fraction of sp³-hybridized carbons (Fsp3) is 0.300. The van der Waals surface area contributed by atoms with Crippen LogP contribution in [0, 0.1) is 5.92 Å². The van der Waals surface area contributed by atoms with E-state index in [0.717, 1.165) is 12.1 Å². The quantitative estimate of drug-likeness (QED) is 0.769. The van der Waals surface area contributed by atoms with E-state index in [1.54, 1.807) is 29.2 Å². The molecule has 29 heavy (non-hydrogen) atoms. The summed E-state index contributed by atoms with van der Waals surface area (Å²) in [5.74, 6) is -1.24. The average Bonchev–Trinajstić information content (AvgIpc) is 2.68. The van der Waals surface area contributed by atoms with Gasteiger partial charge in [0, 0.05) is 29.4 Å². The van der Waals surface area contributed by atoms with Gasteiger partial charge in [0.05, 0.1) is 5.92 Å². The third kappa shape index (κ3) is 5.87. The van der Waals surface area contributed by atoms with Crippen molar-refractivity contribution in [3.63, 3.8) is 0 Å². The van der Waals surface area contributed by atoms with Crippen molar-refractivity contribution in [1.82, 2.24) is 4.90 Å². The number of halogens is 4. The van der Waals surface area contributed by atoms with Crippen molar-refractivity contribution in [3.05, 3.63) is 59.1 Å². The number of hydrogen-bond acceptors (Lipinski definition) is 3. The van der Waals surface area contributed by atoms with E-state index in [1.165, 1.54) is 12.1 Å². The first-order chi connectivity index (χ1) is 13.7. The number of alkyl halides is 3. The van der Waals surface area contributed by atoms with E-state index in [4.69, 9.17) is 11.6 Å². The van der Waals surface area contributed by atoms with Gasteiger partial charge < -0.3 is 15.0 Å². The van der Waals surface area contributed by atoms with Crippen LogP contribution in [0.15, 0.2) is 48.5 Å². The fourth-order valence-corrected chi connectivity index (χ4v) is 3.26. The van der Waals surface area contributed by atoms with E-state index >= 15 is 0 Å². The third-order valence-electron chi connectivity index (χ3n) is 4.53. The van der Waals surface area contributed by atoms with E-state index in [9.17, 15) is 22.8 Å². The molecular formula is C20H18ClF3N2O3. The molecule has 0 aliphatic carbocycles. The second kappa shape index (κ2) is 8.73. The molecule has 2 amide bonds. The molecule has 0 unspecified atom stereocenters. The number of anilines is 1. The van der Waals surface area contributed by atoms with Crippen LogP contribution >= 0.6 is 11.6 Å². The summed E-state index contributed by atoms with van der Waals surface area (Å²) in [5, 5.41) is 3.21. The minimum atomic E-state index is -4.77. The van der Waals surface area contributed by atoms with Crippen molar-refractivity contribution in [2.45, 2.75) is 19.2 Å². The Balaban J connectivity index is 1.59. The molecule has 1 fully saturated rings. The van der Waals surface area contributed by atoms with Gasteiger partial charge in [-0.1, -0.05) is 11.6 Å². The SMILES string of the molecule is O=C(Nc1ccc(OC(F)(F)F)cc1)[C@@H]1CCCN(C(=O)c2ccc(Cl)cc2)C1. The van der Waals surface area contributed by atoms with Gasteiger partial charge in [-0.05, 0) is 61.4 Å². The van der Waals surface area contributed by atoms with Gasteiger partial charge in [-0.3, -0.25) is 9.59 Å². The molecule has 0 spiro atoms. The van der Waals surface area contributed by atoms with Gasteiger partial charge in [0.15, 0.2) is 0 Å². The predicted octanol–water partition coefficient (Wildman–Crippen LogP) is 4.73. The molecule has 1 N–H and O–H groups in total. The number of benzene rings is 2. The molecule has 3 rings (SSSR count). The molecular weight excluding hydrogens is 409 g/mol. The van der Waals surface area contributed by atoms with Crippen LogP contribution in [0.1, 0.15) is 23.2 Å². The van der Waals surface area contributed by atoms with E-state index in [-0.39, 0.29) is 24.1 Å². The highest BCUT2D eigenvalue weighted by Crippen LogP contribution is 2.25. The summed E-state index contributed by atoms with van der Waals surface area (Å²) >= 11 is 5.84. The zero-order valence-electron chi connectivity index (χ0n) is 15.2. The molecule has 2 aromatic rings. The van der Waals surface area contributed by atoms with Gasteiger partial charge in [0.2, 0.25) is 5.91 Å². The molecule has 1 aliphatic heterocycles. The number of hydrogen-bond donors (Lipinski definition) is 1. The summed E-state index contributed by atoms with van der Waals surface area (Å²) in [5.41, 5.74) is 0.849. The normalized spacial score (nSPS) is 17.0. The second-order valence-corrected chi connectivity index (χ2v) is 7.10. The number of ether oxygens (including phenoxy) is 1. The molecule has 154 valence electrons. The largest absolute Gasteiger partial charge is 0.573 e. The maximum Gasteiger partial charge on any atom is 0.573 e. The highest BCUT2D eigenvalue weighted by atomic mass is 35.5. The fourth-order valence-electron chi connectivity index (χ4n) is 3.13. The molecule has 1 saturated heterocycles. The molecule has 1 heterocycles. The minimum absolute atomic E-state index is 0.173. The van der Waals surface area contributed by atoms with Crippen LogP contribution in [0.25, 0.3) is 0 Å². The summed E-state index contributed by atoms with van der Waals surface area (Å²) in [6, 6.07) is 11.5. The van der Waals surface area contributed by atoms with Gasteiger partial charge in [0.1, 0.15) is 5.75 Å². The molecule has 1 atom stereocenters. The lowest BCUT2D eigenvalue weighted by Gasteiger charge is -2.32. The first-order valence-corrected chi connectivity index (χ1v) is 9.30. The first kappa shape index (κ1) is 21.0. The van der Waals surface area contributed by atoms with Gasteiger partial charge in [0.25, 0.3) is 5.91 Å². The second-order valence-electron chi connectivity index (χ2n) is 6.66. The van der Waals surface area contributed by atoms with Crippen LogP contribution in [-0.4, -0.2) is 36.2 Å². The Hall–Kier alpha value is -2.74. The summed E-state index contributed by atoms with van der Waals surface area (Å²) in [6.07, 6.45) is -3.48. The molecule has 1 aliphatic rings. The lowest BCUT2D eigenvalue weighted by atomic mass is 9.96. The number of rotatable bonds is 4. The Labute approximate surface area is 170 Å². The van der Waals surface area contributed by atoms with Crippen molar-refractivity contribution in [1.29, 1.82) is 0 Å². The van der Waals surface area contributed by atoms with E-state index in [2.05, 4.69) is 10.1 Å². The first-order valence-electron chi connectivity index (χ1n) is 8.93. The average molecular weight is 427 g/mol. The van der Waals surface area contributed by atoms with E-state index in [0.29, 0.717) is 35.7 Å². The predicted molar refractivity (Wildman–Crippen MR) is 102 cm³/mol. The highest BCUT2D eigenvalue weighted by Gasteiger charge is 2.31. The molecule has 5 nitrogen and oxygen atoms in total. The van der Waals surface area contributed by atoms with Crippen LogP contribution in [-0.2, 0) is 4.79 Å². The van der Waals surface area contributed by atoms with Crippen LogP contribution in [0.5, 0.6) is 5.75 Å². The molecule has 0 aromatic heterocycles. The lowest BCUT2D eigenvalue weighted by molar-refractivity contribution is -0.274. The third-order valence-corrected chi connectivity index (χ3v) is 4.78. The smallest absolute Gasteiger partial charge is 0.406 e. The van der Waals surface area contributed by atoms with Crippen LogP contribution in [0.4, 0.5) is 18.9 Å². The zero-order chi connectivity index (χ0) is 21.0. The van der Waals surface area contributed by atoms with Gasteiger partial charge in [-0.15, -0.1) is 13.2 Å². The van der Waals surface area contributed by atoms with Crippen LogP contribution < -0.4 is 10.1 Å². The Morgan fingerprint density at radius 3 is 2.34 bits per heavy atom. The van der Waals surface area contributed by atoms with Gasteiger partial charge >= 0.3 is 6.36 Å². The number of amides is 2. The number of carbonyl (C=O) groups is 2. The number of nitrogens with one attached hydrogen (secondary N) is 1. The van der Waals surface area contributed by atoms with Crippen molar-refractivity contribution in [2.24, 2.45) is 5.92 Å². The molecule has 0 bridgehead atoms. The maximum absolute atomic E-state index is 12.6. The van der Waals surface area contributed by atoms with Crippen molar-refractivity contribution >= 4 is 29.1 Å². The summed E-state index contributed by atoms with van der Waals surface area (Å²) < 4.78 is 40.4. The summed E-state index contributed by atoms with van der Waals surface area (Å²) in [4.78, 5) is 26.8. The Kier molecular flexibility index (Phi) is 6.32. The standard InChI is InChI=1S/C20H18ClF3N2O3/c21-15-5-3-13(4-6-15)19(28)26-11-1-2-14(12-26)18(27)25-16-7-9-17(10-8-16)29-20(22,23)24/h3-10,14H,1-2,11-12H2,(H,25,27)/t14-/m1/s1. The Bertz CT molecular complexity index is 870. The van der Waals surface area contributed by atoms with Gasteiger partial charge in [-0.25, -0.2) is 0 Å². The number of carbonyl (C=O) groups excluding carboxylic acids is 2. The molecule has 2 aromatic carbocycles. The summed E-state index contributed by atoms with van der Waals surface area (Å²) in [6.45, 7) is 0.817. The van der Waals surface area contributed by atoms with E-state index < -0.39 is 12.3 Å². The monoisotopic (exact) mass is 426 g/mol. The molecule has 9 heteroatoms. The Morgan fingerprint density at radius 1 is 1.07 bits per heavy atom. The topological polar surface area (TPSA) is 58.6 Å². The van der Waals surface area contributed by atoms with Crippen LogP contribution in [0.2, 0.25) is 5.02 Å².